The lowest BCUT2D eigenvalue weighted by atomic mass is 10.6. The third-order valence-corrected chi connectivity index (χ3v) is 0.977. The van der Waals surface area contributed by atoms with Gasteiger partial charge in [0.05, 0.1) is 13.2 Å². The Morgan fingerprint density at radius 2 is 2.10 bits per heavy atom. The number of amides is 1. The normalized spacial score (nSPS) is 9.50. The van der Waals surface area contributed by atoms with Crippen LogP contribution in [-0.2, 0) is 4.79 Å². The minimum Gasteiger partial charge on any atom is -0.311 e. The lowest BCUT2D eigenvalue weighted by molar-refractivity contribution is -0.130. The molecule has 0 aromatic rings. The van der Waals surface area contributed by atoms with Gasteiger partial charge in [0.25, 0.3) is 5.91 Å². The van der Waals surface area contributed by atoms with Crippen LogP contribution < -0.4 is 16.5 Å². The fourth-order valence-corrected chi connectivity index (χ4v) is 0.511. The molecule has 0 heterocycles. The van der Waals surface area contributed by atoms with Gasteiger partial charge in [-0.05, 0) is 14.1 Å². The van der Waals surface area contributed by atoms with Crippen LogP contribution in [0.4, 0.5) is 0 Å². The molecule has 4 N–H and O–H groups in total. The van der Waals surface area contributed by atoms with Gasteiger partial charge >= 0.3 is 0 Å². The second kappa shape index (κ2) is 5.16. The lowest BCUT2D eigenvalue weighted by Gasteiger charge is -2.14. The Bertz CT molecular complexity index is 106. The highest BCUT2D eigenvalue weighted by atomic mass is 16.2. The van der Waals surface area contributed by atoms with Crippen LogP contribution >= 0.6 is 0 Å². The minimum atomic E-state index is -0.128. The maximum absolute atomic E-state index is 10.8. The van der Waals surface area contributed by atoms with Crippen molar-refractivity contribution in [1.82, 2.24) is 15.6 Å². The van der Waals surface area contributed by atoms with E-state index in [4.69, 9.17) is 5.84 Å². The van der Waals surface area contributed by atoms with E-state index in [-0.39, 0.29) is 12.5 Å². The summed E-state index contributed by atoms with van der Waals surface area (Å²) < 4.78 is 0. The van der Waals surface area contributed by atoms with Crippen LogP contribution in [0.25, 0.3) is 0 Å². The fourth-order valence-electron chi connectivity index (χ4n) is 0.511. The van der Waals surface area contributed by atoms with Gasteiger partial charge in [0.15, 0.2) is 0 Å². The first-order valence-corrected chi connectivity index (χ1v) is 3.06. The molecule has 0 rings (SSSR count). The Balaban J connectivity index is 3.49. The molecule has 0 fully saturated rings. The number of hydrazine groups is 1. The first-order valence-electron chi connectivity index (χ1n) is 3.06. The number of rotatable bonds is 4. The van der Waals surface area contributed by atoms with E-state index in [1.54, 1.807) is 14.1 Å². The van der Waals surface area contributed by atoms with Gasteiger partial charge in [-0.15, -0.1) is 0 Å². The number of nitrogens with zero attached hydrogens (tertiary/aromatic N) is 1. The standard InChI is InChI=1S/C5H14N4O/c1-7-3-5(10)9(6)4-8-2/h7-8H,3-4,6H2,1-2H3. The van der Waals surface area contributed by atoms with E-state index in [0.29, 0.717) is 6.67 Å². The summed E-state index contributed by atoms with van der Waals surface area (Å²) in [6, 6.07) is 0. The van der Waals surface area contributed by atoms with Gasteiger partial charge in [0.2, 0.25) is 0 Å². The molecule has 5 heteroatoms. The fraction of sp³-hybridized carbons (Fsp3) is 0.800. The first kappa shape index (κ1) is 9.35. The molecular weight excluding hydrogens is 132 g/mol. The van der Waals surface area contributed by atoms with Crippen LogP contribution in [0, 0.1) is 0 Å². The molecule has 0 saturated heterocycles. The van der Waals surface area contributed by atoms with E-state index in [0.717, 1.165) is 5.01 Å². The Labute approximate surface area is 60.5 Å². The summed E-state index contributed by atoms with van der Waals surface area (Å²) in [6.07, 6.45) is 0. The molecule has 0 spiro atoms. The number of carbonyl (C=O) groups excluding carboxylic acids is 1. The van der Waals surface area contributed by atoms with Crippen molar-refractivity contribution in [2.45, 2.75) is 0 Å². The highest BCUT2D eigenvalue weighted by Gasteiger charge is 2.04. The topological polar surface area (TPSA) is 70.4 Å². The summed E-state index contributed by atoms with van der Waals surface area (Å²) in [4.78, 5) is 10.8. The molecule has 0 aromatic carbocycles. The summed E-state index contributed by atoms with van der Waals surface area (Å²) in [7, 11) is 3.43. The predicted octanol–water partition coefficient (Wildman–Crippen LogP) is -1.91. The third kappa shape index (κ3) is 3.39. The quantitative estimate of drug-likeness (QED) is 0.187. The van der Waals surface area contributed by atoms with Crippen LogP contribution in [0.3, 0.4) is 0 Å². The number of hydrogen-bond donors (Lipinski definition) is 3. The van der Waals surface area contributed by atoms with Crippen LogP contribution in [0.2, 0.25) is 0 Å². The zero-order chi connectivity index (χ0) is 7.98. The van der Waals surface area contributed by atoms with E-state index in [2.05, 4.69) is 10.6 Å². The third-order valence-electron chi connectivity index (χ3n) is 0.977. The SMILES string of the molecule is CNCC(=O)N(N)CNC. The molecule has 0 aliphatic rings. The molecule has 5 nitrogen and oxygen atoms in total. The Morgan fingerprint density at radius 1 is 1.50 bits per heavy atom. The molecule has 60 valence electrons. The van der Waals surface area contributed by atoms with Gasteiger partial charge in [-0.2, -0.15) is 0 Å². The van der Waals surface area contributed by atoms with Gasteiger partial charge in [-0.25, -0.2) is 5.84 Å². The smallest absolute Gasteiger partial charge is 0.251 e. The molecule has 0 aromatic heterocycles. The van der Waals surface area contributed by atoms with Crippen molar-refractivity contribution in [2.75, 3.05) is 27.3 Å². The summed E-state index contributed by atoms with van der Waals surface area (Å²) >= 11 is 0. The minimum absolute atomic E-state index is 0.128. The van der Waals surface area contributed by atoms with Gasteiger partial charge in [-0.1, -0.05) is 0 Å². The molecule has 0 saturated carbocycles. The second-order valence-corrected chi connectivity index (χ2v) is 1.91. The molecule has 0 atom stereocenters. The van der Waals surface area contributed by atoms with E-state index in [1.807, 2.05) is 0 Å². The average Bonchev–Trinajstić information content (AvgIpc) is 1.89. The van der Waals surface area contributed by atoms with Crippen molar-refractivity contribution in [1.29, 1.82) is 0 Å². The number of nitrogens with two attached hydrogens (primary N) is 1. The zero-order valence-electron chi connectivity index (χ0n) is 6.35. The molecule has 0 unspecified atom stereocenters. The van der Waals surface area contributed by atoms with E-state index >= 15 is 0 Å². The maximum atomic E-state index is 10.8. The van der Waals surface area contributed by atoms with Gasteiger partial charge < -0.3 is 10.6 Å². The van der Waals surface area contributed by atoms with Crippen molar-refractivity contribution in [3.63, 3.8) is 0 Å². The first-order chi connectivity index (χ1) is 4.72. The molecule has 0 aliphatic carbocycles. The predicted molar refractivity (Wildman–Crippen MR) is 38.9 cm³/mol. The van der Waals surface area contributed by atoms with Crippen LogP contribution in [0.5, 0.6) is 0 Å². The van der Waals surface area contributed by atoms with Crippen molar-refractivity contribution >= 4 is 5.91 Å². The number of likely N-dealkylation sites (N-methyl/N-ethyl adjacent to an activating group) is 1. The van der Waals surface area contributed by atoms with Gasteiger partial charge in [0, 0.05) is 0 Å². The van der Waals surface area contributed by atoms with Crippen LogP contribution in [0.1, 0.15) is 0 Å². The highest BCUT2D eigenvalue weighted by molar-refractivity contribution is 5.77. The summed E-state index contributed by atoms with van der Waals surface area (Å²) in [6.45, 7) is 0.651. The average molecular weight is 146 g/mol. The second-order valence-electron chi connectivity index (χ2n) is 1.91. The molecule has 0 radical (unpaired) electrons. The van der Waals surface area contributed by atoms with E-state index < -0.39 is 0 Å². The molecule has 0 bridgehead atoms. The summed E-state index contributed by atoms with van der Waals surface area (Å²) in [5.74, 6) is 5.17. The van der Waals surface area contributed by atoms with E-state index in [9.17, 15) is 4.79 Å². The maximum Gasteiger partial charge on any atom is 0.251 e. The summed E-state index contributed by atoms with van der Waals surface area (Å²) in [5.41, 5.74) is 0. The van der Waals surface area contributed by atoms with Crippen LogP contribution in [-0.4, -0.2) is 38.2 Å². The van der Waals surface area contributed by atoms with Crippen molar-refractivity contribution in [3.8, 4) is 0 Å². The number of hydrogen-bond acceptors (Lipinski definition) is 4. The van der Waals surface area contributed by atoms with Crippen LogP contribution in [0.15, 0.2) is 0 Å². The van der Waals surface area contributed by atoms with Gasteiger partial charge in [-0.3, -0.25) is 9.80 Å². The number of carbonyl (C=O) groups is 1. The molecule has 0 aliphatic heterocycles. The molecular formula is C5H14N4O. The molecule has 10 heavy (non-hydrogen) atoms. The lowest BCUT2D eigenvalue weighted by Crippen LogP contribution is -2.46. The largest absolute Gasteiger partial charge is 0.311 e. The Morgan fingerprint density at radius 3 is 2.50 bits per heavy atom. The van der Waals surface area contributed by atoms with Crippen molar-refractivity contribution in [3.05, 3.63) is 0 Å². The highest BCUT2D eigenvalue weighted by Crippen LogP contribution is 1.73. The van der Waals surface area contributed by atoms with Crippen molar-refractivity contribution in [2.24, 2.45) is 5.84 Å². The van der Waals surface area contributed by atoms with E-state index in [1.165, 1.54) is 0 Å². The zero-order valence-corrected chi connectivity index (χ0v) is 6.35. The monoisotopic (exact) mass is 146 g/mol. The summed E-state index contributed by atoms with van der Waals surface area (Å²) in [5, 5.41) is 6.59. The van der Waals surface area contributed by atoms with Crippen molar-refractivity contribution < 1.29 is 4.79 Å². The number of nitrogens with one attached hydrogen (secondary N) is 2. The Kier molecular flexibility index (Phi) is 4.82. The van der Waals surface area contributed by atoms with Gasteiger partial charge in [0.1, 0.15) is 0 Å². The molecule has 1 amide bonds. The Hall–Kier alpha value is -0.650.